The zero-order valence-electron chi connectivity index (χ0n) is 33.8. The molecule has 2 heteroatoms. The molecule has 288 valence electrons. The summed E-state index contributed by atoms with van der Waals surface area (Å²) in [5.41, 5.74) is 12.0. The summed E-state index contributed by atoms with van der Waals surface area (Å²) in [6, 6.07) is 82.9. The second-order valence-corrected chi connectivity index (χ2v) is 16.0. The Morgan fingerprint density at radius 1 is 0.210 bits per heavy atom. The molecule has 62 heavy (non-hydrogen) atoms. The Labute approximate surface area is 360 Å². The third-order valence-electron chi connectivity index (χ3n) is 12.5. The fourth-order valence-corrected chi connectivity index (χ4v) is 9.54. The van der Waals surface area contributed by atoms with E-state index < -0.39 is 0 Å². The van der Waals surface area contributed by atoms with Crippen LogP contribution < -0.4 is 0 Å². The zero-order chi connectivity index (χ0) is 41.0. The van der Waals surface area contributed by atoms with E-state index in [4.69, 9.17) is 9.97 Å². The summed E-state index contributed by atoms with van der Waals surface area (Å²) in [5.74, 6) is 0.697. The van der Waals surface area contributed by atoms with Gasteiger partial charge in [-0.15, -0.1) is 0 Å². The van der Waals surface area contributed by atoms with Gasteiger partial charge in [0, 0.05) is 16.7 Å². The molecule has 0 radical (unpaired) electrons. The molecule has 0 aliphatic heterocycles. The van der Waals surface area contributed by atoms with Crippen LogP contribution in [0.3, 0.4) is 0 Å². The highest BCUT2D eigenvalue weighted by atomic mass is 14.9. The van der Waals surface area contributed by atoms with Gasteiger partial charge in [-0.05, 0) is 105 Å². The van der Waals surface area contributed by atoms with E-state index in [0.717, 1.165) is 44.4 Å². The molecule has 0 spiro atoms. The molecule has 0 amide bonds. The van der Waals surface area contributed by atoms with Crippen LogP contribution in [-0.4, -0.2) is 9.97 Å². The summed E-state index contributed by atoms with van der Waals surface area (Å²) < 4.78 is 0. The first-order chi connectivity index (χ1) is 30.7. The highest BCUT2D eigenvalue weighted by molar-refractivity contribution is 6.29. The van der Waals surface area contributed by atoms with Crippen LogP contribution in [0.2, 0.25) is 0 Å². The Bertz CT molecular complexity index is 3610. The van der Waals surface area contributed by atoms with Crippen molar-refractivity contribution in [3.63, 3.8) is 0 Å². The van der Waals surface area contributed by atoms with Gasteiger partial charge in [-0.3, -0.25) is 0 Å². The highest BCUT2D eigenvalue weighted by Gasteiger charge is 2.23. The molecule has 12 rings (SSSR count). The molecule has 0 saturated heterocycles. The van der Waals surface area contributed by atoms with Gasteiger partial charge in [0.05, 0.1) is 11.4 Å². The number of aromatic nitrogens is 2. The summed E-state index contributed by atoms with van der Waals surface area (Å²) in [7, 11) is 0. The lowest BCUT2D eigenvalue weighted by molar-refractivity contribution is 1.19. The van der Waals surface area contributed by atoms with Crippen molar-refractivity contribution in [2.75, 3.05) is 0 Å². The van der Waals surface area contributed by atoms with Crippen LogP contribution >= 0.6 is 0 Å². The summed E-state index contributed by atoms with van der Waals surface area (Å²) >= 11 is 0. The van der Waals surface area contributed by atoms with E-state index in [2.05, 4.69) is 231 Å². The molecule has 1 heterocycles. The SMILES string of the molecule is c1ccc(-c2ccc(-c3cc(-c4cccc(-c5ccccc5)c4)nc(-c4c5ccccc5c(-c5c6ccccc6cc6c5ccc5ccccc56)c5ccccc45)n3)cc2)cc1. The van der Waals surface area contributed by atoms with Crippen molar-refractivity contribution in [3.8, 4) is 67.3 Å². The average molecular weight is 787 g/mol. The molecule has 11 aromatic carbocycles. The van der Waals surface area contributed by atoms with Crippen LogP contribution in [0, 0.1) is 0 Å². The molecule has 1 aromatic heterocycles. The predicted molar refractivity (Wildman–Crippen MR) is 262 cm³/mol. The smallest absolute Gasteiger partial charge is 0.161 e. The van der Waals surface area contributed by atoms with Gasteiger partial charge >= 0.3 is 0 Å². The summed E-state index contributed by atoms with van der Waals surface area (Å²) in [6.07, 6.45) is 0. The Morgan fingerprint density at radius 2 is 0.645 bits per heavy atom. The molecular formula is C60H38N2. The second-order valence-electron chi connectivity index (χ2n) is 16.0. The van der Waals surface area contributed by atoms with Gasteiger partial charge in [-0.1, -0.05) is 212 Å². The van der Waals surface area contributed by atoms with Gasteiger partial charge in [-0.2, -0.15) is 0 Å². The molecule has 0 N–H and O–H groups in total. The molecule has 0 bridgehead atoms. The van der Waals surface area contributed by atoms with Crippen LogP contribution in [-0.2, 0) is 0 Å². The lowest BCUT2D eigenvalue weighted by Gasteiger charge is -2.20. The van der Waals surface area contributed by atoms with Crippen molar-refractivity contribution in [2.24, 2.45) is 0 Å². The Hall–Kier alpha value is -8.20. The Morgan fingerprint density at radius 3 is 1.31 bits per heavy atom. The molecule has 0 saturated carbocycles. The summed E-state index contributed by atoms with van der Waals surface area (Å²) in [5, 5.41) is 12.0. The third kappa shape index (κ3) is 6.04. The number of hydrogen-bond acceptors (Lipinski definition) is 2. The van der Waals surface area contributed by atoms with E-state index >= 15 is 0 Å². The van der Waals surface area contributed by atoms with Crippen LogP contribution in [0.4, 0.5) is 0 Å². The first kappa shape index (κ1) is 35.7. The Balaban J connectivity index is 1.14. The van der Waals surface area contributed by atoms with Crippen molar-refractivity contribution < 1.29 is 0 Å². The van der Waals surface area contributed by atoms with E-state index in [0.29, 0.717) is 5.82 Å². The molecule has 12 aromatic rings. The van der Waals surface area contributed by atoms with Gasteiger partial charge in [0.15, 0.2) is 5.82 Å². The molecule has 2 nitrogen and oxygen atoms in total. The zero-order valence-corrected chi connectivity index (χ0v) is 33.8. The van der Waals surface area contributed by atoms with E-state index in [1.807, 2.05) is 0 Å². The monoisotopic (exact) mass is 786 g/mol. The molecule has 0 aliphatic carbocycles. The highest BCUT2D eigenvalue weighted by Crippen LogP contribution is 2.48. The van der Waals surface area contributed by atoms with E-state index in [9.17, 15) is 0 Å². The normalized spacial score (nSPS) is 11.5. The van der Waals surface area contributed by atoms with E-state index in [-0.39, 0.29) is 0 Å². The maximum atomic E-state index is 5.52. The topological polar surface area (TPSA) is 25.8 Å². The maximum Gasteiger partial charge on any atom is 0.161 e. The minimum atomic E-state index is 0.697. The largest absolute Gasteiger partial charge is 0.228 e. The molecule has 0 aliphatic rings. The standard InChI is InChI=1S/C60H38N2/c1-3-16-39(17-4-1)41-30-32-43(33-31-41)55-38-56(46-23-15-22-44(36-46)40-18-5-2-6-19-40)62-60(61-55)59-51-28-13-11-26-49(51)58(50-27-12-14-29-52(50)59)57-48-25-10-8-21-45(48)37-54-47-24-9-7-20-42(47)34-35-53(54)57/h1-38H. The van der Waals surface area contributed by atoms with Crippen LogP contribution in [0.25, 0.3) is 121 Å². The maximum absolute atomic E-state index is 5.52. The van der Waals surface area contributed by atoms with Crippen LogP contribution in [0.15, 0.2) is 231 Å². The van der Waals surface area contributed by atoms with Gasteiger partial charge in [-0.25, -0.2) is 9.97 Å². The average Bonchev–Trinajstić information content (AvgIpc) is 3.35. The van der Waals surface area contributed by atoms with Crippen molar-refractivity contribution >= 4 is 53.9 Å². The van der Waals surface area contributed by atoms with Gasteiger partial charge in [0.2, 0.25) is 0 Å². The van der Waals surface area contributed by atoms with Crippen molar-refractivity contribution in [1.29, 1.82) is 0 Å². The first-order valence-corrected chi connectivity index (χ1v) is 21.2. The van der Waals surface area contributed by atoms with Crippen LogP contribution in [0.1, 0.15) is 0 Å². The third-order valence-corrected chi connectivity index (χ3v) is 12.5. The van der Waals surface area contributed by atoms with E-state index in [1.54, 1.807) is 0 Å². The van der Waals surface area contributed by atoms with Crippen molar-refractivity contribution in [2.45, 2.75) is 0 Å². The predicted octanol–water partition coefficient (Wildman–Crippen LogP) is 16.2. The lowest BCUT2D eigenvalue weighted by atomic mass is 9.83. The number of benzene rings is 11. The second kappa shape index (κ2) is 14.8. The quantitative estimate of drug-likeness (QED) is 0.124. The van der Waals surface area contributed by atoms with Crippen LogP contribution in [0.5, 0.6) is 0 Å². The van der Waals surface area contributed by atoms with Crippen molar-refractivity contribution in [1.82, 2.24) is 9.97 Å². The summed E-state index contributed by atoms with van der Waals surface area (Å²) in [4.78, 5) is 11.0. The lowest BCUT2D eigenvalue weighted by Crippen LogP contribution is -1.99. The first-order valence-electron chi connectivity index (χ1n) is 21.2. The number of fused-ring (bicyclic) bond motifs is 6. The van der Waals surface area contributed by atoms with Gasteiger partial charge in [0.1, 0.15) is 0 Å². The Kier molecular flexibility index (Phi) is 8.53. The fraction of sp³-hybridized carbons (Fsp3) is 0. The minimum Gasteiger partial charge on any atom is -0.228 e. The molecule has 0 fully saturated rings. The number of nitrogens with zero attached hydrogens (tertiary/aromatic N) is 2. The number of hydrogen-bond donors (Lipinski definition) is 0. The van der Waals surface area contributed by atoms with E-state index in [1.165, 1.54) is 70.9 Å². The molecule has 0 atom stereocenters. The molecular weight excluding hydrogens is 749 g/mol. The minimum absolute atomic E-state index is 0.697. The van der Waals surface area contributed by atoms with Gasteiger partial charge < -0.3 is 0 Å². The molecule has 0 unspecified atom stereocenters. The van der Waals surface area contributed by atoms with Crippen molar-refractivity contribution in [3.05, 3.63) is 231 Å². The number of rotatable bonds is 6. The fourth-order valence-electron chi connectivity index (χ4n) is 9.54. The van der Waals surface area contributed by atoms with Gasteiger partial charge in [0.25, 0.3) is 0 Å². The summed E-state index contributed by atoms with van der Waals surface area (Å²) in [6.45, 7) is 0.